The molecule has 0 saturated heterocycles. The number of rotatable bonds is 6. The predicted octanol–water partition coefficient (Wildman–Crippen LogP) is 4.19. The molecule has 0 aromatic heterocycles. The van der Waals surface area contributed by atoms with Gasteiger partial charge in [0.1, 0.15) is 5.60 Å². The van der Waals surface area contributed by atoms with Gasteiger partial charge in [-0.1, -0.05) is 12.1 Å². The maximum absolute atomic E-state index is 13.0. The van der Waals surface area contributed by atoms with E-state index in [1.54, 1.807) is 65.8 Å². The van der Waals surface area contributed by atoms with Gasteiger partial charge in [-0.3, -0.25) is 24.1 Å². The van der Waals surface area contributed by atoms with Crippen LogP contribution in [0.5, 0.6) is 0 Å². The standard InChI is InChI=1S/C27H32N4O6/c1-26(2,3)31-23(34)17-12-11-16(15-18(17)24(31)35)22(33)30-20-10-8-7-9-19(20)29-21(32)13-14-28-25(36)37-27(4,5)6/h7-12,15H,13-14H2,1-6H3,(H,28,36)(H,29,32)(H,30,33). The lowest BCUT2D eigenvalue weighted by molar-refractivity contribution is -0.116. The van der Waals surface area contributed by atoms with Crippen molar-refractivity contribution in [1.29, 1.82) is 0 Å². The van der Waals surface area contributed by atoms with Crippen LogP contribution in [0.1, 0.15) is 79.0 Å². The largest absolute Gasteiger partial charge is 0.444 e. The molecule has 0 atom stereocenters. The molecule has 0 spiro atoms. The normalized spacial score (nSPS) is 13.2. The van der Waals surface area contributed by atoms with Crippen molar-refractivity contribution >= 4 is 41.1 Å². The molecule has 1 heterocycles. The third-order valence-corrected chi connectivity index (χ3v) is 5.29. The van der Waals surface area contributed by atoms with E-state index in [4.69, 9.17) is 4.74 Å². The lowest BCUT2D eigenvalue weighted by Crippen LogP contribution is -2.45. The maximum atomic E-state index is 13.0. The fraction of sp³-hybridized carbons (Fsp3) is 0.370. The highest BCUT2D eigenvalue weighted by molar-refractivity contribution is 6.22. The Morgan fingerprint density at radius 3 is 2.03 bits per heavy atom. The molecule has 2 aromatic carbocycles. The van der Waals surface area contributed by atoms with Gasteiger partial charge < -0.3 is 20.7 Å². The number of nitrogens with one attached hydrogen (secondary N) is 3. The predicted molar refractivity (Wildman–Crippen MR) is 139 cm³/mol. The van der Waals surface area contributed by atoms with E-state index in [1.807, 2.05) is 0 Å². The van der Waals surface area contributed by atoms with E-state index < -0.39 is 35.0 Å². The minimum atomic E-state index is -0.699. The van der Waals surface area contributed by atoms with E-state index in [-0.39, 0.29) is 35.6 Å². The zero-order valence-corrected chi connectivity index (χ0v) is 21.9. The lowest BCUT2D eigenvalue weighted by atomic mass is 10.1. The van der Waals surface area contributed by atoms with Gasteiger partial charge in [0.25, 0.3) is 17.7 Å². The second-order valence-corrected chi connectivity index (χ2v) is 10.6. The number of carbonyl (C=O) groups excluding carboxylic acids is 5. The highest BCUT2D eigenvalue weighted by Gasteiger charge is 2.42. The number of imide groups is 1. The fourth-order valence-corrected chi connectivity index (χ4v) is 3.69. The van der Waals surface area contributed by atoms with E-state index in [0.29, 0.717) is 11.4 Å². The summed E-state index contributed by atoms with van der Waals surface area (Å²) in [6, 6.07) is 11.0. The van der Waals surface area contributed by atoms with Gasteiger partial charge in [0.2, 0.25) is 5.91 Å². The molecule has 1 aliphatic rings. The minimum Gasteiger partial charge on any atom is -0.444 e. The second-order valence-electron chi connectivity index (χ2n) is 10.6. The van der Waals surface area contributed by atoms with Crippen LogP contribution in [0.15, 0.2) is 42.5 Å². The highest BCUT2D eigenvalue weighted by Crippen LogP contribution is 2.30. The summed E-state index contributed by atoms with van der Waals surface area (Å²) >= 11 is 0. The molecule has 0 aliphatic carbocycles. The Hall–Kier alpha value is -4.21. The van der Waals surface area contributed by atoms with Gasteiger partial charge in [-0.15, -0.1) is 0 Å². The number of ether oxygens (including phenoxy) is 1. The van der Waals surface area contributed by atoms with Crippen molar-refractivity contribution in [2.75, 3.05) is 17.2 Å². The van der Waals surface area contributed by atoms with Gasteiger partial charge in [0.05, 0.1) is 22.5 Å². The summed E-state index contributed by atoms with van der Waals surface area (Å²) in [5.74, 6) is -1.73. The van der Waals surface area contributed by atoms with Crippen molar-refractivity contribution in [2.45, 2.75) is 59.1 Å². The van der Waals surface area contributed by atoms with Crippen molar-refractivity contribution < 1.29 is 28.7 Å². The number of anilines is 2. The molecule has 0 fully saturated rings. The molecule has 0 unspecified atom stereocenters. The minimum absolute atomic E-state index is 0.00718. The van der Waals surface area contributed by atoms with Gasteiger partial charge >= 0.3 is 6.09 Å². The number of nitrogens with zero attached hydrogens (tertiary/aromatic N) is 1. The summed E-state index contributed by atoms with van der Waals surface area (Å²) < 4.78 is 5.13. The van der Waals surface area contributed by atoms with Crippen LogP contribution in [0, 0.1) is 0 Å². The van der Waals surface area contributed by atoms with Crippen LogP contribution in [0.25, 0.3) is 0 Å². The summed E-state index contributed by atoms with van der Waals surface area (Å²) in [6.45, 7) is 10.6. The van der Waals surface area contributed by atoms with Crippen molar-refractivity contribution in [3.63, 3.8) is 0 Å². The number of benzene rings is 2. The Morgan fingerprint density at radius 1 is 0.838 bits per heavy atom. The molecule has 10 heteroatoms. The second kappa shape index (κ2) is 10.4. The van der Waals surface area contributed by atoms with Crippen molar-refractivity contribution in [3.05, 3.63) is 59.2 Å². The average Bonchev–Trinajstić information content (AvgIpc) is 3.03. The van der Waals surface area contributed by atoms with Gasteiger partial charge in [-0.2, -0.15) is 0 Å². The number of hydrogen-bond donors (Lipinski definition) is 3. The number of carbonyl (C=O) groups is 5. The zero-order valence-electron chi connectivity index (χ0n) is 21.9. The Kier molecular flexibility index (Phi) is 7.71. The molecule has 0 saturated carbocycles. The molecule has 1 aliphatic heterocycles. The molecule has 0 bridgehead atoms. The van der Waals surface area contributed by atoms with Gasteiger partial charge in [-0.05, 0) is 71.9 Å². The summed E-state index contributed by atoms with van der Waals surface area (Å²) in [4.78, 5) is 63.8. The van der Waals surface area contributed by atoms with E-state index in [0.717, 1.165) is 0 Å². The molecule has 37 heavy (non-hydrogen) atoms. The smallest absolute Gasteiger partial charge is 0.407 e. The van der Waals surface area contributed by atoms with Crippen LogP contribution in [0.2, 0.25) is 0 Å². The van der Waals surface area contributed by atoms with Crippen LogP contribution < -0.4 is 16.0 Å². The molecule has 10 nitrogen and oxygen atoms in total. The Bertz CT molecular complexity index is 1260. The van der Waals surface area contributed by atoms with Crippen molar-refractivity contribution in [2.24, 2.45) is 0 Å². The summed E-state index contributed by atoms with van der Waals surface area (Å²) in [7, 11) is 0. The van der Waals surface area contributed by atoms with E-state index >= 15 is 0 Å². The SMILES string of the molecule is CC(C)(C)OC(=O)NCCC(=O)Nc1ccccc1NC(=O)c1ccc2c(c1)C(=O)N(C(C)(C)C)C2=O. The summed E-state index contributed by atoms with van der Waals surface area (Å²) in [5.41, 5.74) is -0.00881. The molecule has 0 radical (unpaired) electrons. The molecular weight excluding hydrogens is 476 g/mol. The molecule has 5 amide bonds. The molecule has 3 rings (SSSR count). The van der Waals surface area contributed by atoms with Crippen LogP contribution in [0.3, 0.4) is 0 Å². The monoisotopic (exact) mass is 508 g/mol. The Balaban J connectivity index is 1.66. The first kappa shape index (κ1) is 27.4. The number of amides is 5. The van der Waals surface area contributed by atoms with Crippen LogP contribution >= 0.6 is 0 Å². The van der Waals surface area contributed by atoms with Gasteiger partial charge in [0, 0.05) is 24.1 Å². The first-order chi connectivity index (χ1) is 17.2. The Labute approximate surface area is 215 Å². The van der Waals surface area contributed by atoms with Gasteiger partial charge in [-0.25, -0.2) is 4.79 Å². The summed E-state index contributed by atoms with van der Waals surface area (Å²) in [6.07, 6.45) is -0.625. The van der Waals surface area contributed by atoms with E-state index in [2.05, 4.69) is 16.0 Å². The molecule has 196 valence electrons. The van der Waals surface area contributed by atoms with Crippen LogP contribution in [0.4, 0.5) is 16.2 Å². The molecule has 2 aromatic rings. The molecular formula is C27H32N4O6. The third-order valence-electron chi connectivity index (χ3n) is 5.29. The summed E-state index contributed by atoms with van der Waals surface area (Å²) in [5, 5.41) is 7.97. The number of alkyl carbamates (subject to hydrolysis) is 1. The van der Waals surface area contributed by atoms with Crippen LogP contribution in [-0.2, 0) is 9.53 Å². The van der Waals surface area contributed by atoms with Crippen LogP contribution in [-0.4, -0.2) is 52.3 Å². The van der Waals surface area contributed by atoms with Crippen molar-refractivity contribution in [1.82, 2.24) is 10.2 Å². The highest BCUT2D eigenvalue weighted by atomic mass is 16.6. The topological polar surface area (TPSA) is 134 Å². The number of para-hydroxylation sites is 2. The van der Waals surface area contributed by atoms with Gasteiger partial charge in [0.15, 0.2) is 0 Å². The lowest BCUT2D eigenvalue weighted by Gasteiger charge is -2.29. The first-order valence-electron chi connectivity index (χ1n) is 11.9. The van der Waals surface area contributed by atoms with E-state index in [9.17, 15) is 24.0 Å². The quantitative estimate of drug-likeness (QED) is 0.501. The maximum Gasteiger partial charge on any atom is 0.407 e. The zero-order chi connectivity index (χ0) is 27.5. The average molecular weight is 509 g/mol. The van der Waals surface area contributed by atoms with Crippen molar-refractivity contribution in [3.8, 4) is 0 Å². The number of hydrogen-bond acceptors (Lipinski definition) is 6. The molecule has 3 N–H and O–H groups in total. The third kappa shape index (κ3) is 6.72. The fourth-order valence-electron chi connectivity index (χ4n) is 3.69. The Morgan fingerprint density at radius 2 is 1.43 bits per heavy atom. The number of fused-ring (bicyclic) bond motifs is 1. The van der Waals surface area contributed by atoms with E-state index in [1.165, 1.54) is 23.1 Å². The first-order valence-corrected chi connectivity index (χ1v) is 11.9.